The van der Waals surface area contributed by atoms with Crippen molar-refractivity contribution in [2.24, 2.45) is 5.73 Å². The Morgan fingerprint density at radius 2 is 2.29 bits per heavy atom. The molecule has 0 radical (unpaired) electrons. The largest absolute Gasteiger partial charge is 0.327 e. The molecule has 2 N–H and O–H groups in total. The van der Waals surface area contributed by atoms with Crippen molar-refractivity contribution >= 4 is 11.6 Å². The molecule has 2 unspecified atom stereocenters. The lowest BCUT2D eigenvalue weighted by atomic mass is 10.0. The zero-order valence-corrected chi connectivity index (χ0v) is 10.8. The van der Waals surface area contributed by atoms with E-state index in [1.54, 1.807) is 12.1 Å². The first kappa shape index (κ1) is 12.8. The van der Waals surface area contributed by atoms with E-state index in [2.05, 4.69) is 11.8 Å². The van der Waals surface area contributed by atoms with E-state index in [1.807, 2.05) is 0 Å². The van der Waals surface area contributed by atoms with Crippen LogP contribution in [0.2, 0.25) is 5.02 Å². The van der Waals surface area contributed by atoms with Crippen molar-refractivity contribution in [3.8, 4) is 0 Å². The van der Waals surface area contributed by atoms with E-state index >= 15 is 0 Å². The number of hydrogen-bond donors (Lipinski definition) is 1. The molecule has 2 atom stereocenters. The highest BCUT2D eigenvalue weighted by Crippen LogP contribution is 2.26. The van der Waals surface area contributed by atoms with Crippen LogP contribution < -0.4 is 5.73 Å². The lowest BCUT2D eigenvalue weighted by Gasteiger charge is -2.35. The van der Waals surface area contributed by atoms with Crippen molar-refractivity contribution in [1.82, 2.24) is 4.90 Å². The predicted molar refractivity (Wildman–Crippen MR) is 68.6 cm³/mol. The van der Waals surface area contributed by atoms with E-state index in [4.69, 9.17) is 17.3 Å². The summed E-state index contributed by atoms with van der Waals surface area (Å²) in [5.74, 6) is -0.363. The van der Waals surface area contributed by atoms with Crippen molar-refractivity contribution in [2.45, 2.75) is 31.8 Å². The van der Waals surface area contributed by atoms with Crippen molar-refractivity contribution < 1.29 is 4.39 Å². The molecule has 2 nitrogen and oxygen atoms in total. The normalized spacial score (nSPS) is 23.6. The Labute approximate surface area is 107 Å². The number of benzene rings is 1. The summed E-state index contributed by atoms with van der Waals surface area (Å²) in [4.78, 5) is 2.33. The molecule has 0 aromatic heterocycles. The Bertz CT molecular complexity index is 397. The maximum Gasteiger partial charge on any atom is 0.141 e. The maximum atomic E-state index is 13.1. The molecule has 1 fully saturated rings. The third-order valence-corrected chi connectivity index (χ3v) is 3.75. The van der Waals surface area contributed by atoms with Gasteiger partial charge in [0, 0.05) is 18.6 Å². The van der Waals surface area contributed by atoms with Crippen LogP contribution in [0.4, 0.5) is 4.39 Å². The number of hydrogen-bond acceptors (Lipinski definition) is 2. The van der Waals surface area contributed by atoms with E-state index in [1.165, 1.54) is 6.07 Å². The molecule has 1 saturated heterocycles. The highest BCUT2D eigenvalue weighted by molar-refractivity contribution is 6.30. The van der Waals surface area contributed by atoms with Crippen molar-refractivity contribution in [2.75, 3.05) is 13.1 Å². The minimum absolute atomic E-state index is 0.190. The third kappa shape index (κ3) is 2.97. The molecule has 1 aliphatic rings. The molecule has 1 aliphatic heterocycles. The summed E-state index contributed by atoms with van der Waals surface area (Å²) in [5, 5.41) is 0.190. The van der Waals surface area contributed by atoms with Gasteiger partial charge in [0.05, 0.1) is 5.02 Å². The molecule has 1 aromatic carbocycles. The number of nitrogens with two attached hydrogens (primary N) is 1. The highest BCUT2D eigenvalue weighted by atomic mass is 35.5. The van der Waals surface area contributed by atoms with Crippen LogP contribution in [0.25, 0.3) is 0 Å². The first-order valence-corrected chi connectivity index (χ1v) is 6.40. The fourth-order valence-electron chi connectivity index (χ4n) is 2.38. The second kappa shape index (κ2) is 5.34. The van der Waals surface area contributed by atoms with Crippen LogP contribution in [0.15, 0.2) is 18.2 Å². The fraction of sp³-hybridized carbons (Fsp3) is 0.538. The van der Waals surface area contributed by atoms with E-state index in [0.29, 0.717) is 0 Å². The molecule has 1 aromatic rings. The lowest BCUT2D eigenvalue weighted by Crippen LogP contribution is -2.43. The standard InChI is InChI=1S/C13H18ClFN2/c1-9(17-6-2-3-11(16)8-17)10-4-5-13(15)12(14)7-10/h4-5,7,9,11H,2-3,6,8,16H2,1H3. The Hall–Kier alpha value is -0.640. The van der Waals surface area contributed by atoms with E-state index in [0.717, 1.165) is 31.5 Å². The highest BCUT2D eigenvalue weighted by Gasteiger charge is 2.22. The van der Waals surface area contributed by atoms with Crippen molar-refractivity contribution in [3.63, 3.8) is 0 Å². The molecule has 1 heterocycles. The monoisotopic (exact) mass is 256 g/mol. The van der Waals surface area contributed by atoms with Gasteiger partial charge in [0.25, 0.3) is 0 Å². The van der Waals surface area contributed by atoms with Gasteiger partial charge in [0.2, 0.25) is 0 Å². The number of nitrogens with zero attached hydrogens (tertiary/aromatic N) is 1. The molecule has 0 amide bonds. The number of likely N-dealkylation sites (tertiary alicyclic amines) is 1. The Morgan fingerprint density at radius 3 is 2.94 bits per heavy atom. The molecule has 2 rings (SSSR count). The molecule has 4 heteroatoms. The van der Waals surface area contributed by atoms with Gasteiger partial charge in [-0.15, -0.1) is 0 Å². The van der Waals surface area contributed by atoms with E-state index in [9.17, 15) is 4.39 Å². The summed E-state index contributed by atoms with van der Waals surface area (Å²) in [6.45, 7) is 4.06. The predicted octanol–water partition coefficient (Wildman–Crippen LogP) is 2.96. The fourth-order valence-corrected chi connectivity index (χ4v) is 2.56. The molecule has 94 valence electrons. The van der Waals surface area contributed by atoms with E-state index < -0.39 is 0 Å². The molecule has 0 bridgehead atoms. The summed E-state index contributed by atoms with van der Waals surface area (Å²) in [6, 6.07) is 5.42. The quantitative estimate of drug-likeness (QED) is 0.882. The van der Waals surface area contributed by atoms with Crippen LogP contribution in [-0.2, 0) is 0 Å². The average Bonchev–Trinajstić information content (AvgIpc) is 2.32. The molecular weight excluding hydrogens is 239 g/mol. The van der Waals surface area contributed by atoms with Gasteiger partial charge in [-0.25, -0.2) is 4.39 Å². The number of piperidine rings is 1. The van der Waals surface area contributed by atoms with Crippen molar-refractivity contribution in [3.05, 3.63) is 34.6 Å². The molecule has 0 spiro atoms. The average molecular weight is 257 g/mol. The smallest absolute Gasteiger partial charge is 0.141 e. The minimum Gasteiger partial charge on any atom is -0.327 e. The van der Waals surface area contributed by atoms with E-state index in [-0.39, 0.29) is 22.9 Å². The molecule has 17 heavy (non-hydrogen) atoms. The molecule has 0 saturated carbocycles. The van der Waals surface area contributed by atoms with Gasteiger partial charge in [0.1, 0.15) is 5.82 Å². The van der Waals surface area contributed by atoms with Crippen LogP contribution in [0.1, 0.15) is 31.4 Å². The molecule has 0 aliphatic carbocycles. The lowest BCUT2D eigenvalue weighted by molar-refractivity contribution is 0.159. The summed E-state index contributed by atoms with van der Waals surface area (Å²) in [6.07, 6.45) is 2.22. The first-order valence-electron chi connectivity index (χ1n) is 6.02. The van der Waals surface area contributed by atoms with Crippen LogP contribution in [0.3, 0.4) is 0 Å². The third-order valence-electron chi connectivity index (χ3n) is 3.46. The zero-order valence-electron chi connectivity index (χ0n) is 10.00. The van der Waals surface area contributed by atoms with Gasteiger partial charge in [-0.3, -0.25) is 4.90 Å². The SMILES string of the molecule is CC(c1ccc(F)c(Cl)c1)N1CCCC(N)C1. The van der Waals surface area contributed by atoms with Gasteiger partial charge in [-0.1, -0.05) is 17.7 Å². The molecular formula is C13H18ClFN2. The van der Waals surface area contributed by atoms with Crippen LogP contribution >= 0.6 is 11.6 Å². The second-order valence-electron chi connectivity index (χ2n) is 4.75. The summed E-state index contributed by atoms with van der Waals surface area (Å²) in [5.41, 5.74) is 7.01. The Balaban J connectivity index is 2.12. The number of rotatable bonds is 2. The van der Waals surface area contributed by atoms with Gasteiger partial charge in [-0.05, 0) is 44.0 Å². The van der Waals surface area contributed by atoms with Gasteiger partial charge in [0.15, 0.2) is 0 Å². The van der Waals surface area contributed by atoms with Crippen molar-refractivity contribution in [1.29, 1.82) is 0 Å². The summed E-state index contributed by atoms with van der Waals surface area (Å²) >= 11 is 5.81. The zero-order chi connectivity index (χ0) is 12.4. The Morgan fingerprint density at radius 1 is 1.53 bits per heavy atom. The summed E-state index contributed by atoms with van der Waals surface area (Å²) in [7, 11) is 0. The Kier molecular flexibility index (Phi) is 4.02. The van der Waals surface area contributed by atoms with Gasteiger partial charge >= 0.3 is 0 Å². The maximum absolute atomic E-state index is 13.1. The second-order valence-corrected chi connectivity index (χ2v) is 5.15. The summed E-state index contributed by atoms with van der Waals surface area (Å²) < 4.78 is 13.1. The van der Waals surface area contributed by atoms with Crippen LogP contribution in [-0.4, -0.2) is 24.0 Å². The van der Waals surface area contributed by atoms with Gasteiger partial charge in [-0.2, -0.15) is 0 Å². The van der Waals surface area contributed by atoms with Gasteiger partial charge < -0.3 is 5.73 Å². The topological polar surface area (TPSA) is 29.3 Å². The van der Waals surface area contributed by atoms with Crippen LogP contribution in [0, 0.1) is 5.82 Å². The number of halogens is 2. The minimum atomic E-state index is -0.363. The first-order chi connectivity index (χ1) is 8.08. The van der Waals surface area contributed by atoms with Crippen LogP contribution in [0.5, 0.6) is 0 Å².